The zero-order valence-electron chi connectivity index (χ0n) is 20.8. The Hall–Kier alpha value is 0.208. The summed E-state index contributed by atoms with van der Waals surface area (Å²) in [6.07, 6.45) is 2.39. The first-order valence-corrected chi connectivity index (χ1v) is 12.1. The molecule has 0 rings (SSSR count). The molecule has 27 heavy (non-hydrogen) atoms. The normalized spacial score (nSPS) is 11.8. The monoisotopic (exact) mass is 467 g/mol. The topological polar surface area (TPSA) is 52.9 Å². The van der Waals surface area contributed by atoms with Crippen molar-refractivity contribution in [3.63, 3.8) is 0 Å². The first-order valence-electron chi connectivity index (χ1n) is 10.4. The molecular formula is C22H49MoN4-3. The van der Waals surface area contributed by atoms with Crippen LogP contribution in [0.15, 0.2) is 6.99 Å². The van der Waals surface area contributed by atoms with Crippen LogP contribution in [0.5, 0.6) is 0 Å². The summed E-state index contributed by atoms with van der Waals surface area (Å²) >= 11 is -0.492. The molecule has 0 N–H and O–H groups in total. The van der Waals surface area contributed by atoms with E-state index in [2.05, 4.69) is 108 Å². The molecule has 166 valence electrons. The van der Waals surface area contributed by atoms with Gasteiger partial charge in [-0.05, 0) is 0 Å². The van der Waals surface area contributed by atoms with Crippen molar-refractivity contribution in [2.24, 2.45) is 6.99 Å². The number of hydrogen-bond donors (Lipinski definition) is 0. The molecule has 0 aromatic carbocycles. The smallest absolute Gasteiger partial charge is 0.189 e. The molecule has 0 fully saturated rings. The molecule has 0 aromatic rings. The molecule has 0 radical (unpaired) electrons. The zero-order chi connectivity index (χ0) is 22.3. The van der Waals surface area contributed by atoms with Gasteiger partial charge in [-0.25, -0.2) is 6.17 Å². The summed E-state index contributed by atoms with van der Waals surface area (Å²) in [5, 5.41) is 8.70. The SMILES string of the molecule is CC(C)[N-]C(C)[N-]C(C)C.CCC(C)(C)[N]=[Mo]=[N]C(C)(C)CC.C[C-](C)C. The van der Waals surface area contributed by atoms with E-state index in [9.17, 15) is 0 Å². The van der Waals surface area contributed by atoms with Gasteiger partial charge in [-0.3, -0.25) is 0 Å². The van der Waals surface area contributed by atoms with E-state index in [1.807, 2.05) is 6.92 Å². The second kappa shape index (κ2) is 17.1. The Morgan fingerprint density at radius 2 is 1.00 bits per heavy atom. The maximum Gasteiger partial charge on any atom is -0.189 e. The van der Waals surface area contributed by atoms with E-state index in [-0.39, 0.29) is 17.2 Å². The van der Waals surface area contributed by atoms with Crippen LogP contribution in [0.4, 0.5) is 0 Å². The number of hydrogen-bond acceptors (Lipinski definition) is 2. The molecule has 0 aliphatic heterocycles. The molecular weight excluding hydrogens is 416 g/mol. The van der Waals surface area contributed by atoms with Gasteiger partial charge in [0.15, 0.2) is 0 Å². The van der Waals surface area contributed by atoms with Crippen LogP contribution in [0.25, 0.3) is 10.6 Å². The van der Waals surface area contributed by atoms with Crippen LogP contribution in [-0.4, -0.2) is 29.3 Å². The summed E-state index contributed by atoms with van der Waals surface area (Å²) in [5.74, 6) is 1.42. The zero-order valence-corrected chi connectivity index (χ0v) is 22.9. The minimum absolute atomic E-state index is 0.148. The first kappa shape index (κ1) is 31.9. The molecule has 0 saturated carbocycles. The van der Waals surface area contributed by atoms with Crippen LogP contribution in [0, 0.1) is 5.92 Å². The largest absolute Gasteiger partial charge is 0.323 e. The van der Waals surface area contributed by atoms with E-state index in [0.717, 1.165) is 12.8 Å². The summed E-state index contributed by atoms with van der Waals surface area (Å²) in [6.45, 7) is 29.7. The fraction of sp³-hybridized carbons (Fsp3) is 0.955. The van der Waals surface area contributed by atoms with Crippen LogP contribution < -0.4 is 0 Å². The Bertz CT molecular complexity index is 362. The van der Waals surface area contributed by atoms with Crippen LogP contribution >= 0.6 is 0 Å². The summed E-state index contributed by atoms with van der Waals surface area (Å²) in [4.78, 5) is 0. The van der Waals surface area contributed by atoms with Gasteiger partial charge in [0.05, 0.1) is 0 Å². The molecule has 0 unspecified atom stereocenters. The van der Waals surface area contributed by atoms with Crippen LogP contribution in [0.3, 0.4) is 0 Å². The predicted molar refractivity (Wildman–Crippen MR) is 120 cm³/mol. The van der Waals surface area contributed by atoms with Crippen molar-refractivity contribution in [1.82, 2.24) is 0 Å². The third kappa shape index (κ3) is 31.1. The van der Waals surface area contributed by atoms with Gasteiger partial charge in [0.25, 0.3) is 0 Å². The van der Waals surface area contributed by atoms with Crippen LogP contribution in [-0.2, 0) is 18.2 Å². The quantitative estimate of drug-likeness (QED) is 0.256. The molecule has 0 aromatic heterocycles. The fourth-order valence-electron chi connectivity index (χ4n) is 1.27. The minimum atomic E-state index is -0.492. The van der Waals surface area contributed by atoms with Crippen molar-refractivity contribution in [2.45, 2.75) is 139 Å². The first-order chi connectivity index (χ1) is 12.1. The van der Waals surface area contributed by atoms with Gasteiger partial charge in [-0.1, -0.05) is 27.7 Å². The molecule has 0 atom stereocenters. The molecule has 0 amide bonds. The van der Waals surface area contributed by atoms with Gasteiger partial charge in [0.1, 0.15) is 0 Å². The van der Waals surface area contributed by atoms with Crippen molar-refractivity contribution >= 4 is 0 Å². The Labute approximate surface area is 180 Å². The van der Waals surface area contributed by atoms with Gasteiger partial charge in [-0.15, -0.1) is 19.0 Å². The van der Waals surface area contributed by atoms with Gasteiger partial charge in [0.2, 0.25) is 0 Å². The van der Waals surface area contributed by atoms with E-state index in [4.69, 9.17) is 0 Å². The second-order valence-electron chi connectivity index (χ2n) is 9.21. The van der Waals surface area contributed by atoms with Gasteiger partial charge < -0.3 is 16.6 Å². The van der Waals surface area contributed by atoms with Crippen molar-refractivity contribution in [1.29, 1.82) is 0 Å². The van der Waals surface area contributed by atoms with Crippen molar-refractivity contribution in [3.8, 4) is 0 Å². The molecule has 4 nitrogen and oxygen atoms in total. The van der Waals surface area contributed by atoms with Crippen molar-refractivity contribution in [3.05, 3.63) is 16.6 Å². The minimum Gasteiger partial charge on any atom is -0.323 e. The van der Waals surface area contributed by atoms with Gasteiger partial charge >= 0.3 is 90.7 Å². The molecule has 0 heterocycles. The fourth-order valence-corrected chi connectivity index (χ4v) is 3.09. The summed E-state index contributed by atoms with van der Waals surface area (Å²) in [5.41, 5.74) is 0.297. The standard InChI is InChI=1S/C8H18N2.2C5H11N.C4H9.Mo/c1-6(2)9-8(5)10-7(3)4;2*1-4-5(2,3)6;1-4(2)3;/h6-8H,1-5H3;2*4H2,1-3H3;1-3H3;/q-2;;;-1;. The average Bonchev–Trinajstić information content (AvgIpc) is 2.45. The van der Waals surface area contributed by atoms with Gasteiger partial charge in [0, 0.05) is 0 Å². The summed E-state index contributed by atoms with van der Waals surface area (Å²) in [6, 6.07) is 0.801. The maximum absolute atomic E-state index is 4.67. The maximum atomic E-state index is 4.67. The van der Waals surface area contributed by atoms with E-state index < -0.39 is 18.2 Å². The van der Waals surface area contributed by atoms with Crippen LogP contribution in [0.2, 0.25) is 0 Å². The molecule has 0 spiro atoms. The summed E-state index contributed by atoms with van der Waals surface area (Å²) in [7, 11) is 0. The average molecular weight is 466 g/mol. The summed E-state index contributed by atoms with van der Waals surface area (Å²) < 4.78 is 9.34. The molecule has 0 aliphatic rings. The Morgan fingerprint density at radius 3 is 1.19 bits per heavy atom. The van der Waals surface area contributed by atoms with E-state index in [0.29, 0.717) is 12.1 Å². The third-order valence-corrected chi connectivity index (χ3v) is 6.17. The Kier molecular flexibility index (Phi) is 20.2. The Balaban J connectivity index is -0.000000364. The third-order valence-electron chi connectivity index (χ3n) is 3.33. The number of rotatable bonds is 8. The van der Waals surface area contributed by atoms with Crippen LogP contribution in [0.1, 0.15) is 110 Å². The molecule has 0 bridgehead atoms. The second-order valence-corrected chi connectivity index (χ2v) is 10.5. The molecule has 5 heteroatoms. The molecule has 0 aliphatic carbocycles. The van der Waals surface area contributed by atoms with Gasteiger partial charge in [-0.2, -0.15) is 20.8 Å². The van der Waals surface area contributed by atoms with E-state index >= 15 is 0 Å². The van der Waals surface area contributed by atoms with Crippen molar-refractivity contribution in [2.75, 3.05) is 0 Å². The Morgan fingerprint density at radius 1 is 0.741 bits per heavy atom. The van der Waals surface area contributed by atoms with E-state index in [1.165, 1.54) is 5.92 Å². The molecule has 0 saturated heterocycles. The predicted octanol–water partition coefficient (Wildman–Crippen LogP) is 8.33. The number of nitrogens with zero attached hydrogens (tertiary/aromatic N) is 4. The van der Waals surface area contributed by atoms with Crippen molar-refractivity contribution < 1.29 is 18.2 Å². The van der Waals surface area contributed by atoms with E-state index in [1.54, 1.807) is 0 Å².